The number of aromatic nitrogens is 1. The van der Waals surface area contributed by atoms with Crippen LogP contribution >= 0.6 is 0 Å². The molecule has 0 saturated carbocycles. The first kappa shape index (κ1) is 32.6. The van der Waals surface area contributed by atoms with Gasteiger partial charge in [0.15, 0.2) is 0 Å². The van der Waals surface area contributed by atoms with E-state index in [4.69, 9.17) is 14.2 Å². The molecule has 2 aliphatic carbocycles. The SMILES string of the molecule is COCCC1=CC=C(NC2C=CC(COCC3OC3N3CCCN(c4ccc(C(F)F)cn4)CC3)CC2)C=CC1C(F)(F)F. The van der Waals surface area contributed by atoms with E-state index in [0.717, 1.165) is 45.4 Å². The smallest absolute Gasteiger partial charge is 0.384 e. The van der Waals surface area contributed by atoms with E-state index in [1.807, 2.05) is 0 Å². The number of hydrogen-bond acceptors (Lipinski definition) is 7. The van der Waals surface area contributed by atoms with E-state index >= 15 is 0 Å². The summed E-state index contributed by atoms with van der Waals surface area (Å²) in [5, 5.41) is 3.36. The number of ether oxygens (including phenoxy) is 3. The highest BCUT2D eigenvalue weighted by atomic mass is 19.4. The van der Waals surface area contributed by atoms with Crippen molar-refractivity contribution in [1.82, 2.24) is 15.2 Å². The van der Waals surface area contributed by atoms with E-state index in [0.29, 0.717) is 30.3 Å². The Morgan fingerprint density at radius 2 is 1.91 bits per heavy atom. The molecule has 0 amide bonds. The van der Waals surface area contributed by atoms with Crippen LogP contribution in [0.5, 0.6) is 0 Å². The molecule has 1 N–H and O–H groups in total. The number of nitrogens with one attached hydrogen (secondary N) is 1. The van der Waals surface area contributed by atoms with Gasteiger partial charge in [0.05, 0.1) is 19.1 Å². The molecule has 2 saturated heterocycles. The fraction of sp³-hybridized carbons (Fsp3) is 0.594. The molecule has 0 bridgehead atoms. The van der Waals surface area contributed by atoms with Crippen molar-refractivity contribution in [2.24, 2.45) is 11.8 Å². The predicted molar refractivity (Wildman–Crippen MR) is 157 cm³/mol. The second kappa shape index (κ2) is 15.0. The van der Waals surface area contributed by atoms with Crippen molar-refractivity contribution < 1.29 is 36.2 Å². The highest BCUT2D eigenvalue weighted by Gasteiger charge is 2.44. The lowest BCUT2D eigenvalue weighted by Gasteiger charge is -2.25. The van der Waals surface area contributed by atoms with Gasteiger partial charge in [-0.25, -0.2) is 13.8 Å². The van der Waals surface area contributed by atoms with Gasteiger partial charge >= 0.3 is 6.18 Å². The van der Waals surface area contributed by atoms with Gasteiger partial charge in [-0.2, -0.15) is 13.2 Å². The Bertz CT molecular complexity index is 1200. The summed E-state index contributed by atoms with van der Waals surface area (Å²) in [6.45, 7) is 4.59. The number of allylic oxidation sites excluding steroid dienone is 4. The molecule has 7 nitrogen and oxygen atoms in total. The van der Waals surface area contributed by atoms with Crippen LogP contribution in [-0.4, -0.2) is 87.5 Å². The normalized spacial score (nSPS) is 28.0. The standard InChI is InChI=1S/C32H41F5N4O3/c1-42-18-13-23-5-9-26(10-11-27(23)32(35,36)37)39-25-7-3-22(4-8-25)20-43-21-28-31(44-28)41-15-2-14-40(16-17-41)29-12-6-24(19-38-29)30(33)34/h3,5-7,9-12,19,22,25,27-28,30-31,39H,2,4,8,13-18,20-21H2,1H3. The van der Waals surface area contributed by atoms with Gasteiger partial charge in [-0.15, -0.1) is 0 Å². The lowest BCUT2D eigenvalue weighted by atomic mass is 9.93. The van der Waals surface area contributed by atoms with Crippen molar-refractivity contribution in [2.75, 3.05) is 58.0 Å². The molecule has 242 valence electrons. The summed E-state index contributed by atoms with van der Waals surface area (Å²) in [7, 11) is 1.48. The third-order valence-electron chi connectivity index (χ3n) is 8.52. The molecule has 0 radical (unpaired) electrons. The highest BCUT2D eigenvalue weighted by molar-refractivity contribution is 5.40. The van der Waals surface area contributed by atoms with Crippen LogP contribution in [0.1, 0.15) is 37.7 Å². The number of halogens is 5. The minimum Gasteiger partial charge on any atom is -0.384 e. The maximum atomic E-state index is 13.6. The molecule has 2 aliphatic heterocycles. The van der Waals surface area contributed by atoms with Gasteiger partial charge in [-0.1, -0.05) is 29.9 Å². The van der Waals surface area contributed by atoms with Gasteiger partial charge in [0, 0.05) is 69.3 Å². The first-order valence-corrected chi connectivity index (χ1v) is 15.3. The van der Waals surface area contributed by atoms with E-state index < -0.39 is 18.5 Å². The first-order chi connectivity index (χ1) is 21.2. The van der Waals surface area contributed by atoms with Crippen LogP contribution in [0.3, 0.4) is 0 Å². The van der Waals surface area contributed by atoms with Crippen LogP contribution in [0, 0.1) is 11.8 Å². The van der Waals surface area contributed by atoms with Gasteiger partial charge in [-0.3, -0.25) is 4.90 Å². The van der Waals surface area contributed by atoms with Gasteiger partial charge < -0.3 is 24.4 Å². The van der Waals surface area contributed by atoms with Crippen molar-refractivity contribution >= 4 is 5.82 Å². The van der Waals surface area contributed by atoms with E-state index in [1.54, 1.807) is 18.2 Å². The Hall–Kier alpha value is -2.80. The zero-order valence-electron chi connectivity index (χ0n) is 24.9. The van der Waals surface area contributed by atoms with Crippen molar-refractivity contribution in [3.8, 4) is 0 Å². The number of nitrogens with zero attached hydrogens (tertiary/aromatic N) is 3. The van der Waals surface area contributed by atoms with Crippen LogP contribution in [0.25, 0.3) is 0 Å². The van der Waals surface area contributed by atoms with Crippen molar-refractivity contribution in [3.63, 3.8) is 0 Å². The molecule has 5 atom stereocenters. The summed E-state index contributed by atoms with van der Waals surface area (Å²) in [5.41, 5.74) is 0.881. The van der Waals surface area contributed by atoms with E-state index in [2.05, 4.69) is 32.3 Å². The summed E-state index contributed by atoms with van der Waals surface area (Å²) in [6.07, 6.45) is 7.58. The Balaban J connectivity index is 1.01. The van der Waals surface area contributed by atoms with Crippen molar-refractivity contribution in [2.45, 2.75) is 56.7 Å². The van der Waals surface area contributed by atoms with Crippen molar-refractivity contribution in [3.05, 3.63) is 71.6 Å². The monoisotopic (exact) mass is 624 g/mol. The van der Waals surface area contributed by atoms with Crippen LogP contribution in [-0.2, 0) is 14.2 Å². The molecule has 44 heavy (non-hydrogen) atoms. The van der Waals surface area contributed by atoms with Crippen molar-refractivity contribution in [1.29, 1.82) is 0 Å². The quantitative estimate of drug-likeness (QED) is 0.180. The molecule has 12 heteroatoms. The third-order valence-corrected chi connectivity index (χ3v) is 8.52. The zero-order valence-corrected chi connectivity index (χ0v) is 24.9. The highest BCUT2D eigenvalue weighted by Crippen LogP contribution is 2.36. The molecule has 5 unspecified atom stereocenters. The Labute approximate surface area is 255 Å². The number of methoxy groups -OCH3 is 1. The molecule has 2 fully saturated rings. The second-order valence-electron chi connectivity index (χ2n) is 11.7. The van der Waals surface area contributed by atoms with Gasteiger partial charge in [0.25, 0.3) is 6.43 Å². The molecule has 0 aromatic carbocycles. The Morgan fingerprint density at radius 3 is 2.61 bits per heavy atom. The number of alkyl halides is 5. The maximum absolute atomic E-state index is 13.6. The second-order valence-corrected chi connectivity index (χ2v) is 11.7. The number of hydrogen-bond donors (Lipinski definition) is 1. The van der Waals surface area contributed by atoms with Crippen LogP contribution in [0.2, 0.25) is 0 Å². The number of epoxide rings is 1. The fourth-order valence-electron chi connectivity index (χ4n) is 5.95. The minimum absolute atomic E-state index is 0.0292. The molecule has 5 rings (SSSR count). The summed E-state index contributed by atoms with van der Waals surface area (Å²) in [4.78, 5) is 8.66. The average Bonchev–Trinajstić information content (AvgIpc) is 3.82. The molecular weight excluding hydrogens is 583 g/mol. The predicted octanol–water partition coefficient (Wildman–Crippen LogP) is 5.79. The largest absolute Gasteiger partial charge is 0.398 e. The summed E-state index contributed by atoms with van der Waals surface area (Å²) in [6, 6.07) is 3.14. The lowest BCUT2D eigenvalue weighted by Crippen LogP contribution is -2.34. The third kappa shape index (κ3) is 8.89. The molecule has 1 aromatic heterocycles. The molecule has 4 aliphatic rings. The van der Waals surface area contributed by atoms with E-state index in [9.17, 15) is 22.0 Å². The molecule has 3 heterocycles. The maximum Gasteiger partial charge on any atom is 0.398 e. The lowest BCUT2D eigenvalue weighted by molar-refractivity contribution is -0.152. The topological polar surface area (TPSA) is 62.4 Å². The summed E-state index contributed by atoms with van der Waals surface area (Å²) >= 11 is 0. The Morgan fingerprint density at radius 1 is 1.05 bits per heavy atom. The van der Waals surface area contributed by atoms with E-state index in [-0.39, 0.29) is 42.9 Å². The van der Waals surface area contributed by atoms with Gasteiger partial charge in [0.1, 0.15) is 18.1 Å². The molecule has 0 spiro atoms. The molecular formula is C32H41F5N4O3. The average molecular weight is 625 g/mol. The van der Waals surface area contributed by atoms with E-state index in [1.165, 1.54) is 31.5 Å². The number of anilines is 1. The van der Waals surface area contributed by atoms with Gasteiger partial charge in [-0.05, 0) is 50.0 Å². The van der Waals surface area contributed by atoms with Gasteiger partial charge in [0.2, 0.25) is 0 Å². The van der Waals surface area contributed by atoms with Crippen LogP contribution in [0.4, 0.5) is 27.8 Å². The number of pyridine rings is 1. The number of rotatable bonds is 12. The Kier molecular flexibility index (Phi) is 11.1. The summed E-state index contributed by atoms with van der Waals surface area (Å²) < 4.78 is 83.4. The first-order valence-electron chi connectivity index (χ1n) is 15.3. The molecule has 1 aromatic rings. The summed E-state index contributed by atoms with van der Waals surface area (Å²) in [5.74, 6) is -0.625. The van der Waals surface area contributed by atoms with Crippen LogP contribution in [0.15, 0.2) is 66.1 Å². The zero-order chi connectivity index (χ0) is 31.1. The van der Waals surface area contributed by atoms with Crippen LogP contribution < -0.4 is 10.2 Å². The minimum atomic E-state index is -4.34. The fourth-order valence-corrected chi connectivity index (χ4v) is 5.95.